The molecular weight excluding hydrogens is 294 g/mol. The van der Waals surface area contributed by atoms with Crippen LogP contribution in [0.25, 0.3) is 0 Å². The molecule has 0 aromatic heterocycles. The first-order chi connectivity index (χ1) is 11.1. The van der Waals surface area contributed by atoms with Crippen molar-refractivity contribution < 1.29 is 19.4 Å². The fraction of sp³-hybridized carbons (Fsp3) is 0.278. The van der Waals surface area contributed by atoms with Gasteiger partial charge in [0.05, 0.1) is 13.2 Å². The summed E-state index contributed by atoms with van der Waals surface area (Å²) in [6.07, 6.45) is -0.854. The van der Waals surface area contributed by atoms with E-state index in [-0.39, 0.29) is 0 Å². The summed E-state index contributed by atoms with van der Waals surface area (Å²) in [5.41, 5.74) is 4.65. The van der Waals surface area contributed by atoms with E-state index in [0.717, 1.165) is 11.3 Å². The first kappa shape index (κ1) is 15.4. The van der Waals surface area contributed by atoms with Crippen LogP contribution >= 0.6 is 0 Å². The number of nitrogens with one attached hydrogen (secondary N) is 1. The molecule has 0 fully saturated rings. The summed E-state index contributed by atoms with van der Waals surface area (Å²) in [7, 11) is 0. The van der Waals surface area contributed by atoms with Crippen LogP contribution in [0.5, 0.6) is 5.75 Å². The van der Waals surface area contributed by atoms with Crippen molar-refractivity contribution in [2.45, 2.75) is 32.8 Å². The molecule has 1 heterocycles. The standard InChI is InChI=1S/C18H19NO4/c1-12(18(20)21)23-17-6-2-13(3-7-17)9-19-16-5-4-14-10-22-11-15(14)8-16/h2-8,12,19H,9-11H2,1H3,(H,20,21). The minimum Gasteiger partial charge on any atom is -0.479 e. The van der Waals surface area contributed by atoms with Gasteiger partial charge >= 0.3 is 5.97 Å². The molecule has 0 bridgehead atoms. The molecule has 0 saturated carbocycles. The number of hydrogen-bond donors (Lipinski definition) is 2. The van der Waals surface area contributed by atoms with Crippen LogP contribution in [-0.4, -0.2) is 17.2 Å². The molecule has 0 radical (unpaired) electrons. The molecule has 1 aliphatic rings. The van der Waals surface area contributed by atoms with Gasteiger partial charge < -0.3 is 19.9 Å². The fourth-order valence-corrected chi connectivity index (χ4v) is 2.43. The number of hydrogen-bond acceptors (Lipinski definition) is 4. The van der Waals surface area contributed by atoms with Crippen LogP contribution in [0.2, 0.25) is 0 Å². The lowest BCUT2D eigenvalue weighted by molar-refractivity contribution is -0.144. The monoisotopic (exact) mass is 313 g/mol. The van der Waals surface area contributed by atoms with E-state index in [4.69, 9.17) is 14.6 Å². The van der Waals surface area contributed by atoms with Crippen molar-refractivity contribution in [3.8, 4) is 5.75 Å². The number of anilines is 1. The highest BCUT2D eigenvalue weighted by Crippen LogP contribution is 2.23. The second-order valence-corrected chi connectivity index (χ2v) is 5.57. The molecule has 0 aliphatic carbocycles. The number of carboxylic acid groups (broad SMARTS) is 1. The van der Waals surface area contributed by atoms with Crippen LogP contribution in [0.4, 0.5) is 5.69 Å². The van der Waals surface area contributed by atoms with E-state index in [0.29, 0.717) is 25.5 Å². The van der Waals surface area contributed by atoms with Gasteiger partial charge in [-0.1, -0.05) is 18.2 Å². The summed E-state index contributed by atoms with van der Waals surface area (Å²) in [6.45, 7) is 3.58. The Balaban J connectivity index is 1.57. The molecule has 120 valence electrons. The molecule has 23 heavy (non-hydrogen) atoms. The van der Waals surface area contributed by atoms with Gasteiger partial charge in [0.15, 0.2) is 6.10 Å². The second kappa shape index (κ2) is 6.71. The maximum absolute atomic E-state index is 10.8. The normalized spacial score (nSPS) is 14.1. The summed E-state index contributed by atoms with van der Waals surface area (Å²) < 4.78 is 10.7. The minimum atomic E-state index is -0.976. The van der Waals surface area contributed by atoms with Crippen LogP contribution < -0.4 is 10.1 Å². The maximum Gasteiger partial charge on any atom is 0.344 e. The minimum absolute atomic E-state index is 0.554. The van der Waals surface area contributed by atoms with Crippen molar-refractivity contribution in [1.82, 2.24) is 0 Å². The predicted octanol–water partition coefficient (Wildman–Crippen LogP) is 3.18. The molecule has 0 spiro atoms. The number of ether oxygens (including phenoxy) is 2. The predicted molar refractivity (Wildman–Crippen MR) is 86.4 cm³/mol. The lowest BCUT2D eigenvalue weighted by Crippen LogP contribution is -2.22. The van der Waals surface area contributed by atoms with Gasteiger partial charge in [0.1, 0.15) is 5.75 Å². The summed E-state index contributed by atoms with van der Waals surface area (Å²) in [5, 5.41) is 12.2. The van der Waals surface area contributed by atoms with Crippen molar-refractivity contribution >= 4 is 11.7 Å². The summed E-state index contributed by atoms with van der Waals surface area (Å²) in [4.78, 5) is 10.8. The molecule has 2 aromatic carbocycles. The lowest BCUT2D eigenvalue weighted by Gasteiger charge is -2.11. The molecule has 3 rings (SSSR count). The lowest BCUT2D eigenvalue weighted by atomic mass is 10.1. The van der Waals surface area contributed by atoms with Crippen molar-refractivity contribution in [3.05, 3.63) is 59.2 Å². The topological polar surface area (TPSA) is 67.8 Å². The number of carbonyl (C=O) groups is 1. The third-order valence-corrected chi connectivity index (χ3v) is 3.80. The molecule has 0 saturated heterocycles. The Morgan fingerprint density at radius 3 is 2.70 bits per heavy atom. The molecular formula is C18H19NO4. The van der Waals surface area contributed by atoms with Gasteiger partial charge in [-0.25, -0.2) is 4.79 Å². The Morgan fingerprint density at radius 2 is 1.96 bits per heavy atom. The Morgan fingerprint density at radius 1 is 1.22 bits per heavy atom. The molecule has 5 nitrogen and oxygen atoms in total. The number of benzene rings is 2. The quantitative estimate of drug-likeness (QED) is 0.857. The summed E-state index contributed by atoms with van der Waals surface area (Å²) >= 11 is 0. The van der Waals surface area contributed by atoms with Crippen LogP contribution in [0, 0.1) is 0 Å². The molecule has 2 N–H and O–H groups in total. The Kier molecular flexibility index (Phi) is 4.48. The van der Waals surface area contributed by atoms with E-state index < -0.39 is 12.1 Å². The van der Waals surface area contributed by atoms with E-state index in [2.05, 4.69) is 23.5 Å². The van der Waals surface area contributed by atoms with Gasteiger partial charge in [-0.15, -0.1) is 0 Å². The molecule has 1 unspecified atom stereocenters. The van der Waals surface area contributed by atoms with Crippen molar-refractivity contribution in [2.75, 3.05) is 5.32 Å². The van der Waals surface area contributed by atoms with Gasteiger partial charge in [0.25, 0.3) is 0 Å². The zero-order valence-electron chi connectivity index (χ0n) is 12.9. The number of aliphatic carboxylic acids is 1. The van der Waals surface area contributed by atoms with Gasteiger partial charge in [-0.2, -0.15) is 0 Å². The Labute approximate surface area is 134 Å². The Hall–Kier alpha value is -2.53. The van der Waals surface area contributed by atoms with Crippen LogP contribution in [0.15, 0.2) is 42.5 Å². The Bertz CT molecular complexity index is 697. The zero-order valence-corrected chi connectivity index (χ0v) is 12.9. The third-order valence-electron chi connectivity index (χ3n) is 3.80. The zero-order chi connectivity index (χ0) is 16.2. The van der Waals surface area contributed by atoms with Gasteiger partial charge in [0, 0.05) is 12.2 Å². The molecule has 1 aliphatic heterocycles. The average molecular weight is 313 g/mol. The summed E-state index contributed by atoms with van der Waals surface area (Å²) in [5.74, 6) is -0.422. The maximum atomic E-state index is 10.8. The van der Waals surface area contributed by atoms with E-state index in [9.17, 15) is 4.79 Å². The van der Waals surface area contributed by atoms with Gasteiger partial charge in [-0.05, 0) is 47.9 Å². The van der Waals surface area contributed by atoms with E-state index in [1.807, 2.05) is 12.1 Å². The molecule has 5 heteroatoms. The fourth-order valence-electron chi connectivity index (χ4n) is 2.43. The first-order valence-corrected chi connectivity index (χ1v) is 7.53. The largest absolute Gasteiger partial charge is 0.479 e. The van der Waals surface area contributed by atoms with Gasteiger partial charge in [0.2, 0.25) is 0 Å². The third kappa shape index (κ3) is 3.81. The van der Waals surface area contributed by atoms with Crippen molar-refractivity contribution in [3.63, 3.8) is 0 Å². The van der Waals surface area contributed by atoms with Crippen LogP contribution in [0.1, 0.15) is 23.6 Å². The molecule has 1 atom stereocenters. The van der Waals surface area contributed by atoms with Crippen LogP contribution in [-0.2, 0) is 29.3 Å². The SMILES string of the molecule is CC(Oc1ccc(CNc2ccc3c(c2)COC3)cc1)C(=O)O. The highest BCUT2D eigenvalue weighted by atomic mass is 16.5. The average Bonchev–Trinajstić information content (AvgIpc) is 3.01. The second-order valence-electron chi connectivity index (χ2n) is 5.57. The van der Waals surface area contributed by atoms with E-state index in [1.54, 1.807) is 12.1 Å². The first-order valence-electron chi connectivity index (χ1n) is 7.53. The number of rotatable bonds is 6. The van der Waals surface area contributed by atoms with Gasteiger partial charge in [-0.3, -0.25) is 0 Å². The van der Waals surface area contributed by atoms with Crippen molar-refractivity contribution in [1.29, 1.82) is 0 Å². The highest BCUT2D eigenvalue weighted by Gasteiger charge is 2.12. The highest BCUT2D eigenvalue weighted by molar-refractivity contribution is 5.72. The van der Waals surface area contributed by atoms with Crippen molar-refractivity contribution in [2.24, 2.45) is 0 Å². The molecule has 0 amide bonds. The van der Waals surface area contributed by atoms with E-state index >= 15 is 0 Å². The van der Waals surface area contributed by atoms with E-state index in [1.165, 1.54) is 18.1 Å². The molecule has 2 aromatic rings. The number of fused-ring (bicyclic) bond motifs is 1. The van der Waals surface area contributed by atoms with Crippen LogP contribution in [0.3, 0.4) is 0 Å². The summed E-state index contributed by atoms with van der Waals surface area (Å²) in [6, 6.07) is 13.7. The number of carboxylic acids is 1. The smallest absolute Gasteiger partial charge is 0.344 e.